The number of nitrogens with one attached hydrogen (secondary N) is 3. The van der Waals surface area contributed by atoms with E-state index in [-0.39, 0.29) is 37.7 Å². The zero-order valence-corrected chi connectivity index (χ0v) is 19.9. The highest BCUT2D eigenvalue weighted by molar-refractivity contribution is 6.00. The molecule has 0 saturated heterocycles. The van der Waals surface area contributed by atoms with E-state index in [0.29, 0.717) is 12.1 Å². The van der Waals surface area contributed by atoms with Crippen LogP contribution < -0.4 is 20.7 Å². The van der Waals surface area contributed by atoms with Crippen LogP contribution in [0, 0.1) is 5.82 Å². The van der Waals surface area contributed by atoms with Gasteiger partial charge in [-0.1, -0.05) is 18.2 Å². The second-order valence-corrected chi connectivity index (χ2v) is 8.42. The van der Waals surface area contributed by atoms with Crippen LogP contribution in [0.3, 0.4) is 0 Å². The third kappa shape index (κ3) is 6.51. The van der Waals surface area contributed by atoms with Gasteiger partial charge in [-0.15, -0.1) is 0 Å². The minimum absolute atomic E-state index is 0.0330. The van der Waals surface area contributed by atoms with Gasteiger partial charge in [-0.2, -0.15) is 13.2 Å². The normalized spacial score (nSPS) is 12.9. The molecular weight excluding hydrogens is 508 g/mol. The number of alkyl halides is 3. The molecular formula is C26H24F4N4O4. The van der Waals surface area contributed by atoms with Gasteiger partial charge in [0, 0.05) is 18.8 Å². The summed E-state index contributed by atoms with van der Waals surface area (Å²) in [6.45, 7) is -0.122. The van der Waals surface area contributed by atoms with Crippen molar-refractivity contribution in [2.24, 2.45) is 0 Å². The fourth-order valence-corrected chi connectivity index (χ4v) is 3.97. The standard InChI is InChI=1S/C26H24F4N4O4/c27-21-3-1-2-4-23(21)32-24(36)31-18-6-5-17-15-34(10-9-16(17)13-18)25(37)33-22-8-7-19(38-12-11-35)14-20(22)26(28,29)30/h1-8,13-14,35H,9-12,15H2,(H,33,37)(H2,31,32,36). The summed E-state index contributed by atoms with van der Waals surface area (Å²) in [6, 6.07) is 12.7. The van der Waals surface area contributed by atoms with Crippen molar-refractivity contribution in [3.63, 3.8) is 0 Å². The van der Waals surface area contributed by atoms with Crippen molar-refractivity contribution in [3.8, 4) is 5.75 Å². The number of rotatable bonds is 6. The van der Waals surface area contributed by atoms with Gasteiger partial charge in [0.2, 0.25) is 0 Å². The monoisotopic (exact) mass is 532 g/mol. The Labute approximate surface area is 215 Å². The lowest BCUT2D eigenvalue weighted by atomic mass is 9.99. The predicted molar refractivity (Wildman–Crippen MR) is 133 cm³/mol. The molecule has 12 heteroatoms. The highest BCUT2D eigenvalue weighted by atomic mass is 19.4. The summed E-state index contributed by atoms with van der Waals surface area (Å²) >= 11 is 0. The SMILES string of the molecule is O=C(Nc1ccc2c(c1)CCN(C(=O)Nc1ccc(OCCO)cc1C(F)(F)F)C2)Nc1ccccc1F. The van der Waals surface area contributed by atoms with Gasteiger partial charge in [-0.3, -0.25) is 0 Å². The molecule has 8 nitrogen and oxygen atoms in total. The second-order valence-electron chi connectivity index (χ2n) is 8.42. The van der Waals surface area contributed by atoms with Gasteiger partial charge in [0.15, 0.2) is 0 Å². The molecule has 3 aromatic carbocycles. The number of hydrogen-bond acceptors (Lipinski definition) is 4. The van der Waals surface area contributed by atoms with Crippen LogP contribution in [-0.2, 0) is 19.1 Å². The Balaban J connectivity index is 1.40. The number of ether oxygens (including phenoxy) is 1. The van der Waals surface area contributed by atoms with Gasteiger partial charge in [-0.05, 0) is 60.0 Å². The summed E-state index contributed by atoms with van der Waals surface area (Å²) in [7, 11) is 0. The Morgan fingerprint density at radius 3 is 2.47 bits per heavy atom. The summed E-state index contributed by atoms with van der Waals surface area (Å²) in [6.07, 6.45) is -4.33. The Bertz CT molecular complexity index is 1330. The molecule has 4 N–H and O–H groups in total. The molecule has 0 unspecified atom stereocenters. The Morgan fingerprint density at radius 1 is 0.947 bits per heavy atom. The first kappa shape index (κ1) is 26.7. The molecule has 38 heavy (non-hydrogen) atoms. The minimum Gasteiger partial charge on any atom is -0.491 e. The van der Waals surface area contributed by atoms with E-state index in [1.807, 2.05) is 0 Å². The molecule has 0 saturated carbocycles. The number of aliphatic hydroxyl groups is 1. The number of amides is 4. The Hall–Kier alpha value is -4.32. The third-order valence-corrected chi connectivity index (χ3v) is 5.78. The molecule has 0 aromatic heterocycles. The second kappa shape index (κ2) is 11.4. The average molecular weight is 532 g/mol. The molecule has 0 atom stereocenters. The van der Waals surface area contributed by atoms with Crippen molar-refractivity contribution in [1.82, 2.24) is 4.90 Å². The number of fused-ring (bicyclic) bond motifs is 1. The van der Waals surface area contributed by atoms with Gasteiger partial charge < -0.3 is 30.7 Å². The van der Waals surface area contributed by atoms with E-state index in [2.05, 4.69) is 16.0 Å². The maximum absolute atomic E-state index is 13.7. The molecule has 1 heterocycles. The lowest BCUT2D eigenvalue weighted by Crippen LogP contribution is -2.39. The van der Waals surface area contributed by atoms with Gasteiger partial charge in [0.25, 0.3) is 0 Å². The molecule has 3 aromatic rings. The first-order valence-electron chi connectivity index (χ1n) is 11.6. The first-order valence-corrected chi connectivity index (χ1v) is 11.6. The predicted octanol–water partition coefficient (Wildman–Crippen LogP) is 5.45. The number of para-hydroxylation sites is 1. The lowest BCUT2D eigenvalue weighted by Gasteiger charge is -2.29. The number of hydrogen-bond donors (Lipinski definition) is 4. The van der Waals surface area contributed by atoms with Gasteiger partial charge in [-0.25, -0.2) is 14.0 Å². The maximum Gasteiger partial charge on any atom is 0.418 e. The summed E-state index contributed by atoms with van der Waals surface area (Å²) < 4.78 is 59.6. The largest absolute Gasteiger partial charge is 0.491 e. The zero-order valence-electron chi connectivity index (χ0n) is 19.9. The first-order chi connectivity index (χ1) is 18.1. The van der Waals surface area contributed by atoms with Crippen LogP contribution in [0.5, 0.6) is 5.75 Å². The summed E-state index contributed by atoms with van der Waals surface area (Å²) in [4.78, 5) is 26.4. The Morgan fingerprint density at radius 2 is 1.74 bits per heavy atom. The highest BCUT2D eigenvalue weighted by Gasteiger charge is 2.35. The number of carbonyl (C=O) groups excluding carboxylic acids is 2. The molecule has 0 aliphatic carbocycles. The van der Waals surface area contributed by atoms with Crippen LogP contribution >= 0.6 is 0 Å². The number of carbonyl (C=O) groups is 2. The van der Waals surface area contributed by atoms with E-state index in [4.69, 9.17) is 9.84 Å². The summed E-state index contributed by atoms with van der Waals surface area (Å²) in [5.74, 6) is -0.650. The van der Waals surface area contributed by atoms with Crippen molar-refractivity contribution in [1.29, 1.82) is 0 Å². The summed E-state index contributed by atoms with van der Waals surface area (Å²) in [5.41, 5.74) is 0.655. The molecule has 0 radical (unpaired) electrons. The number of nitrogens with zero attached hydrogens (tertiary/aromatic N) is 1. The van der Waals surface area contributed by atoms with Crippen LogP contribution in [-0.4, -0.2) is 41.8 Å². The number of aliphatic hydroxyl groups excluding tert-OH is 1. The minimum atomic E-state index is -4.74. The third-order valence-electron chi connectivity index (χ3n) is 5.78. The van der Waals surface area contributed by atoms with Gasteiger partial charge in [0.1, 0.15) is 18.2 Å². The molecule has 4 amide bonds. The van der Waals surface area contributed by atoms with Crippen LogP contribution in [0.4, 0.5) is 44.2 Å². The highest BCUT2D eigenvalue weighted by Crippen LogP contribution is 2.37. The van der Waals surface area contributed by atoms with Gasteiger partial charge >= 0.3 is 18.2 Å². The van der Waals surface area contributed by atoms with Crippen molar-refractivity contribution in [3.05, 3.63) is 83.2 Å². The quantitative estimate of drug-likeness (QED) is 0.317. The summed E-state index contributed by atoms with van der Waals surface area (Å²) in [5, 5.41) is 16.2. The fourth-order valence-electron chi connectivity index (χ4n) is 3.97. The molecule has 0 bridgehead atoms. The van der Waals surface area contributed by atoms with E-state index >= 15 is 0 Å². The number of benzene rings is 3. The number of halogens is 4. The molecule has 0 spiro atoms. The van der Waals surface area contributed by atoms with E-state index in [9.17, 15) is 27.2 Å². The van der Waals surface area contributed by atoms with Crippen LogP contribution in [0.25, 0.3) is 0 Å². The maximum atomic E-state index is 13.7. The molecule has 1 aliphatic heterocycles. The van der Waals surface area contributed by atoms with E-state index < -0.39 is 35.3 Å². The van der Waals surface area contributed by atoms with Crippen LogP contribution in [0.15, 0.2) is 60.7 Å². The molecule has 0 fully saturated rings. The van der Waals surface area contributed by atoms with Crippen molar-refractivity contribution < 1.29 is 37.0 Å². The molecule has 200 valence electrons. The molecule has 1 aliphatic rings. The zero-order chi connectivity index (χ0) is 27.3. The smallest absolute Gasteiger partial charge is 0.418 e. The van der Waals surface area contributed by atoms with E-state index in [1.165, 1.54) is 29.2 Å². The number of anilines is 3. The van der Waals surface area contributed by atoms with Crippen molar-refractivity contribution >= 4 is 29.1 Å². The van der Waals surface area contributed by atoms with E-state index in [1.54, 1.807) is 24.3 Å². The van der Waals surface area contributed by atoms with Gasteiger partial charge in [0.05, 0.1) is 23.5 Å². The van der Waals surface area contributed by atoms with Crippen molar-refractivity contribution in [2.45, 2.75) is 19.1 Å². The van der Waals surface area contributed by atoms with Crippen LogP contribution in [0.2, 0.25) is 0 Å². The number of urea groups is 2. The fraction of sp³-hybridized carbons (Fsp3) is 0.231. The van der Waals surface area contributed by atoms with Crippen molar-refractivity contribution in [2.75, 3.05) is 35.7 Å². The van der Waals surface area contributed by atoms with Crippen LogP contribution in [0.1, 0.15) is 16.7 Å². The lowest BCUT2D eigenvalue weighted by molar-refractivity contribution is -0.137. The Kier molecular flexibility index (Phi) is 8.01. The topological polar surface area (TPSA) is 103 Å². The van der Waals surface area contributed by atoms with E-state index in [0.717, 1.165) is 23.3 Å². The molecule has 4 rings (SSSR count). The average Bonchev–Trinajstić information content (AvgIpc) is 2.88.